The van der Waals surface area contributed by atoms with Gasteiger partial charge in [-0.1, -0.05) is 5.16 Å². The van der Waals surface area contributed by atoms with Gasteiger partial charge in [-0.3, -0.25) is 4.79 Å². The summed E-state index contributed by atoms with van der Waals surface area (Å²) in [6, 6.07) is 1.54. The van der Waals surface area contributed by atoms with E-state index in [4.69, 9.17) is 4.52 Å². The molecule has 2 heterocycles. The Hall–Kier alpha value is -2.03. The molecule has 8 nitrogen and oxygen atoms in total. The molecule has 0 aliphatic rings. The van der Waals surface area contributed by atoms with Gasteiger partial charge in [-0.05, 0) is 13.0 Å². The van der Waals surface area contributed by atoms with Gasteiger partial charge in [0.25, 0.3) is 11.6 Å². The quantitative estimate of drug-likeness (QED) is 0.552. The molecule has 0 atom stereocenters. The Balaban J connectivity index is 2.29. The van der Waals surface area contributed by atoms with Gasteiger partial charge in [0.05, 0.1) is 36.5 Å². The molecular weight excluding hydrogens is 266 g/mol. The number of aryl methyl sites for hydroxylation is 1. The zero-order valence-electron chi connectivity index (χ0n) is 10.8. The summed E-state index contributed by atoms with van der Waals surface area (Å²) in [4.78, 5) is 16.0. The Bertz CT molecular complexity index is 612. The number of nitrogens with one attached hydrogen (secondary N) is 1. The second-order valence-corrected chi connectivity index (χ2v) is 4.55. The molecule has 2 rings (SSSR count). The van der Waals surface area contributed by atoms with Crippen molar-refractivity contribution in [3.8, 4) is 0 Å². The molecule has 0 unspecified atom stereocenters. The van der Waals surface area contributed by atoms with Crippen LogP contribution in [0.5, 0.6) is 0 Å². The Kier molecular flexibility index (Phi) is 3.98. The first kappa shape index (κ1) is 14.4. The van der Waals surface area contributed by atoms with Gasteiger partial charge in [0.2, 0.25) is 0 Å². The van der Waals surface area contributed by atoms with Crippen LogP contribution < -0.4 is 5.32 Å². The SMILES string of the molecule is Cc1noc2ncc(C(=O)NC(CO)(CO)CO)cc12. The van der Waals surface area contributed by atoms with Crippen LogP contribution in [0, 0.1) is 6.92 Å². The molecule has 0 aromatic carbocycles. The Labute approximate surface area is 114 Å². The maximum Gasteiger partial charge on any atom is 0.257 e. The number of carbonyl (C=O) groups is 1. The molecule has 0 spiro atoms. The molecule has 1 amide bonds. The summed E-state index contributed by atoms with van der Waals surface area (Å²) >= 11 is 0. The summed E-state index contributed by atoms with van der Waals surface area (Å²) in [5, 5.41) is 34.3. The van der Waals surface area contributed by atoms with Gasteiger partial charge < -0.3 is 25.2 Å². The molecule has 0 bridgehead atoms. The predicted molar refractivity (Wildman–Crippen MR) is 68.0 cm³/mol. The largest absolute Gasteiger partial charge is 0.394 e. The molecule has 0 aliphatic carbocycles. The average molecular weight is 281 g/mol. The van der Waals surface area contributed by atoms with Crippen molar-refractivity contribution in [3.63, 3.8) is 0 Å². The van der Waals surface area contributed by atoms with Gasteiger partial charge in [-0.25, -0.2) is 4.98 Å². The fourth-order valence-electron chi connectivity index (χ4n) is 1.65. The second kappa shape index (κ2) is 5.53. The molecule has 2 aromatic heterocycles. The zero-order chi connectivity index (χ0) is 14.8. The molecular formula is C12H15N3O5. The second-order valence-electron chi connectivity index (χ2n) is 4.55. The van der Waals surface area contributed by atoms with E-state index in [-0.39, 0.29) is 5.56 Å². The number of carbonyl (C=O) groups excluding carboxylic acids is 1. The molecule has 108 valence electrons. The number of aromatic nitrogens is 2. The van der Waals surface area contributed by atoms with E-state index >= 15 is 0 Å². The highest BCUT2D eigenvalue weighted by Crippen LogP contribution is 2.17. The average Bonchev–Trinajstić information content (AvgIpc) is 2.86. The summed E-state index contributed by atoms with van der Waals surface area (Å²) < 4.78 is 4.94. The number of aliphatic hydroxyl groups excluding tert-OH is 3. The molecule has 0 radical (unpaired) electrons. The van der Waals surface area contributed by atoms with E-state index < -0.39 is 31.3 Å². The fraction of sp³-hybridized carbons (Fsp3) is 0.417. The van der Waals surface area contributed by atoms with Gasteiger partial charge >= 0.3 is 0 Å². The highest BCUT2D eigenvalue weighted by atomic mass is 16.5. The normalized spacial score (nSPS) is 11.8. The summed E-state index contributed by atoms with van der Waals surface area (Å²) in [6.45, 7) is -0.0518. The van der Waals surface area contributed by atoms with Gasteiger partial charge in [0.1, 0.15) is 5.54 Å². The van der Waals surface area contributed by atoms with Crippen molar-refractivity contribution in [3.05, 3.63) is 23.5 Å². The molecule has 0 saturated carbocycles. The number of fused-ring (bicyclic) bond motifs is 1. The number of rotatable bonds is 5. The van der Waals surface area contributed by atoms with Crippen LogP contribution in [0.4, 0.5) is 0 Å². The van der Waals surface area contributed by atoms with E-state index in [1.54, 1.807) is 13.0 Å². The molecule has 2 aromatic rings. The van der Waals surface area contributed by atoms with Crippen molar-refractivity contribution in [1.82, 2.24) is 15.5 Å². The number of pyridine rings is 1. The lowest BCUT2D eigenvalue weighted by Crippen LogP contribution is -2.57. The van der Waals surface area contributed by atoms with Crippen LogP contribution in [0.25, 0.3) is 11.1 Å². The molecule has 8 heteroatoms. The third-order valence-corrected chi connectivity index (χ3v) is 3.06. The van der Waals surface area contributed by atoms with Crippen LogP contribution in [0.1, 0.15) is 16.1 Å². The smallest absolute Gasteiger partial charge is 0.257 e. The van der Waals surface area contributed by atoms with Crippen molar-refractivity contribution < 1.29 is 24.6 Å². The van der Waals surface area contributed by atoms with Gasteiger partial charge in [-0.15, -0.1) is 0 Å². The van der Waals surface area contributed by atoms with E-state index in [0.29, 0.717) is 16.8 Å². The minimum Gasteiger partial charge on any atom is -0.394 e. The van der Waals surface area contributed by atoms with Crippen LogP contribution in [-0.2, 0) is 0 Å². The molecule has 4 N–H and O–H groups in total. The summed E-state index contributed by atoms with van der Waals surface area (Å²) in [5.74, 6) is -0.572. The van der Waals surface area contributed by atoms with E-state index in [9.17, 15) is 20.1 Å². The van der Waals surface area contributed by atoms with Gasteiger partial charge in [0, 0.05) is 6.20 Å². The summed E-state index contributed by atoms with van der Waals surface area (Å²) in [5.41, 5.74) is -0.351. The highest BCUT2D eigenvalue weighted by Gasteiger charge is 2.30. The number of aliphatic hydroxyl groups is 3. The Morgan fingerprint density at radius 2 is 2.00 bits per heavy atom. The van der Waals surface area contributed by atoms with E-state index in [1.165, 1.54) is 6.20 Å². The first-order valence-corrected chi connectivity index (χ1v) is 5.92. The van der Waals surface area contributed by atoms with Crippen molar-refractivity contribution >= 4 is 17.0 Å². The first-order chi connectivity index (χ1) is 9.55. The molecule has 0 fully saturated rings. The van der Waals surface area contributed by atoms with Crippen LogP contribution in [-0.4, -0.2) is 56.7 Å². The van der Waals surface area contributed by atoms with Crippen LogP contribution in [0.2, 0.25) is 0 Å². The van der Waals surface area contributed by atoms with E-state index in [0.717, 1.165) is 0 Å². The van der Waals surface area contributed by atoms with E-state index in [1.807, 2.05) is 0 Å². The zero-order valence-corrected chi connectivity index (χ0v) is 10.8. The minimum absolute atomic E-state index is 0.212. The molecule has 0 aliphatic heterocycles. The third-order valence-electron chi connectivity index (χ3n) is 3.06. The fourth-order valence-corrected chi connectivity index (χ4v) is 1.65. The molecule has 20 heavy (non-hydrogen) atoms. The monoisotopic (exact) mass is 281 g/mol. The lowest BCUT2D eigenvalue weighted by Gasteiger charge is -2.28. The number of hydrogen-bond donors (Lipinski definition) is 4. The minimum atomic E-state index is -1.48. The van der Waals surface area contributed by atoms with Gasteiger partial charge in [0.15, 0.2) is 0 Å². The van der Waals surface area contributed by atoms with E-state index in [2.05, 4.69) is 15.5 Å². The lowest BCUT2D eigenvalue weighted by atomic mass is 10.0. The highest BCUT2D eigenvalue weighted by molar-refractivity contribution is 5.97. The number of hydrogen-bond acceptors (Lipinski definition) is 7. The van der Waals surface area contributed by atoms with Crippen molar-refractivity contribution in [2.75, 3.05) is 19.8 Å². The molecule has 0 saturated heterocycles. The standard InChI is InChI=1S/C12H15N3O5/c1-7-9-2-8(3-13-11(9)20-15-7)10(19)14-12(4-16,5-17)6-18/h2-3,16-18H,4-6H2,1H3,(H,14,19). The van der Waals surface area contributed by atoms with Crippen LogP contribution >= 0.6 is 0 Å². The summed E-state index contributed by atoms with van der Waals surface area (Å²) in [7, 11) is 0. The van der Waals surface area contributed by atoms with Crippen LogP contribution in [0.15, 0.2) is 16.8 Å². The Morgan fingerprint density at radius 3 is 2.60 bits per heavy atom. The summed E-state index contributed by atoms with van der Waals surface area (Å²) in [6.07, 6.45) is 1.29. The van der Waals surface area contributed by atoms with Crippen molar-refractivity contribution in [1.29, 1.82) is 0 Å². The topological polar surface area (TPSA) is 129 Å². The maximum absolute atomic E-state index is 12.1. The number of nitrogens with zero attached hydrogens (tertiary/aromatic N) is 2. The van der Waals surface area contributed by atoms with Crippen LogP contribution in [0.3, 0.4) is 0 Å². The third kappa shape index (κ3) is 2.48. The lowest BCUT2D eigenvalue weighted by molar-refractivity contribution is 0.0375. The van der Waals surface area contributed by atoms with Crippen molar-refractivity contribution in [2.45, 2.75) is 12.5 Å². The predicted octanol–water partition coefficient (Wildman–Crippen LogP) is -1.02. The number of amides is 1. The van der Waals surface area contributed by atoms with Crippen molar-refractivity contribution in [2.24, 2.45) is 0 Å². The Morgan fingerprint density at radius 1 is 1.35 bits per heavy atom. The first-order valence-electron chi connectivity index (χ1n) is 5.92. The maximum atomic E-state index is 12.1. The van der Waals surface area contributed by atoms with Gasteiger partial charge in [-0.2, -0.15) is 0 Å².